The van der Waals surface area contributed by atoms with Gasteiger partial charge in [0.05, 0.1) is 13.3 Å². The molecule has 0 amide bonds. The second kappa shape index (κ2) is 5.17. The van der Waals surface area contributed by atoms with E-state index in [2.05, 4.69) is 15.9 Å². The number of alkyl halides is 1. The topological polar surface area (TPSA) is 9.23 Å². The van der Waals surface area contributed by atoms with Crippen LogP contribution >= 0.6 is 15.9 Å². The lowest BCUT2D eigenvalue weighted by molar-refractivity contribution is 0.277. The molecule has 0 bridgehead atoms. The van der Waals surface area contributed by atoms with Gasteiger partial charge in [0.25, 0.3) is 0 Å². The fraction of sp³-hybridized carbons (Fsp3) is 0.333. The van der Waals surface area contributed by atoms with Crippen LogP contribution in [0.3, 0.4) is 0 Å². The van der Waals surface area contributed by atoms with Gasteiger partial charge in [-0.1, -0.05) is 15.9 Å². The Morgan fingerprint density at radius 1 is 1.38 bits per heavy atom. The van der Waals surface area contributed by atoms with Crippen LogP contribution in [0.1, 0.15) is 6.42 Å². The van der Waals surface area contributed by atoms with Crippen LogP contribution in [0, 0.1) is 5.82 Å². The molecular weight excluding hydrogens is 242 g/mol. The van der Waals surface area contributed by atoms with Crippen LogP contribution in [0.5, 0.6) is 5.75 Å². The lowest BCUT2D eigenvalue weighted by Gasteiger charge is -2.05. The summed E-state index contributed by atoms with van der Waals surface area (Å²) in [7, 11) is 0. The molecule has 1 aromatic rings. The number of rotatable bonds is 4. The quantitative estimate of drug-likeness (QED) is 0.746. The molecule has 0 atom stereocenters. The molecule has 72 valence electrons. The lowest BCUT2D eigenvalue weighted by Crippen LogP contribution is -1.99. The van der Waals surface area contributed by atoms with Gasteiger partial charge in [-0.3, -0.25) is 4.39 Å². The van der Waals surface area contributed by atoms with E-state index in [-0.39, 0.29) is 18.8 Å². The standard InChI is InChI=1S/C9H9BrF2O/c10-7-2-3-8(12)9(6-7)13-5-1-4-11/h2-3,6H,1,4-5H2. The normalized spacial score (nSPS) is 10.1. The molecule has 0 aromatic heterocycles. The van der Waals surface area contributed by atoms with Crippen molar-refractivity contribution in [3.8, 4) is 5.75 Å². The molecule has 0 radical (unpaired) electrons. The summed E-state index contributed by atoms with van der Waals surface area (Å²) in [6.45, 7) is -0.251. The van der Waals surface area contributed by atoms with Gasteiger partial charge in [0.15, 0.2) is 11.6 Å². The van der Waals surface area contributed by atoms with Gasteiger partial charge >= 0.3 is 0 Å². The first-order chi connectivity index (χ1) is 6.24. The Bertz CT molecular complexity index is 278. The third-order valence-corrected chi connectivity index (χ3v) is 1.92. The van der Waals surface area contributed by atoms with Crippen molar-refractivity contribution in [2.75, 3.05) is 13.3 Å². The minimum Gasteiger partial charge on any atom is -0.490 e. The first-order valence-corrected chi connectivity index (χ1v) is 4.67. The summed E-state index contributed by atoms with van der Waals surface area (Å²) in [5.41, 5.74) is 0. The van der Waals surface area contributed by atoms with E-state index in [0.717, 1.165) is 4.47 Å². The van der Waals surface area contributed by atoms with Gasteiger partial charge in [-0.2, -0.15) is 0 Å². The van der Waals surface area contributed by atoms with Crippen molar-refractivity contribution < 1.29 is 13.5 Å². The summed E-state index contributed by atoms with van der Waals surface area (Å²) in [4.78, 5) is 0. The van der Waals surface area contributed by atoms with Gasteiger partial charge < -0.3 is 4.74 Å². The smallest absolute Gasteiger partial charge is 0.165 e. The highest BCUT2D eigenvalue weighted by Gasteiger charge is 2.02. The first kappa shape index (κ1) is 10.4. The zero-order valence-electron chi connectivity index (χ0n) is 6.90. The van der Waals surface area contributed by atoms with E-state index in [1.165, 1.54) is 12.1 Å². The summed E-state index contributed by atoms with van der Waals surface area (Å²) >= 11 is 3.18. The molecule has 13 heavy (non-hydrogen) atoms. The fourth-order valence-corrected chi connectivity index (χ4v) is 1.16. The number of halogens is 3. The zero-order chi connectivity index (χ0) is 9.68. The second-order valence-corrected chi connectivity index (χ2v) is 3.38. The molecule has 1 aromatic carbocycles. The zero-order valence-corrected chi connectivity index (χ0v) is 8.48. The van der Waals surface area contributed by atoms with Crippen molar-refractivity contribution in [2.45, 2.75) is 6.42 Å². The van der Waals surface area contributed by atoms with Crippen LogP contribution in [0.25, 0.3) is 0 Å². The Kier molecular flexibility index (Phi) is 4.15. The summed E-state index contributed by atoms with van der Waals surface area (Å²) in [6.07, 6.45) is 0.284. The van der Waals surface area contributed by atoms with Gasteiger partial charge in [-0.05, 0) is 18.2 Å². The van der Waals surface area contributed by atoms with Gasteiger partial charge in [-0.15, -0.1) is 0 Å². The van der Waals surface area contributed by atoms with Crippen molar-refractivity contribution in [3.63, 3.8) is 0 Å². The first-order valence-electron chi connectivity index (χ1n) is 3.88. The Morgan fingerprint density at radius 2 is 2.15 bits per heavy atom. The molecule has 0 spiro atoms. The van der Waals surface area contributed by atoms with Crippen LogP contribution in [0.2, 0.25) is 0 Å². The van der Waals surface area contributed by atoms with Gasteiger partial charge in [0.1, 0.15) is 0 Å². The number of hydrogen-bond donors (Lipinski definition) is 0. The molecule has 0 saturated carbocycles. The Balaban J connectivity index is 2.59. The van der Waals surface area contributed by atoms with E-state index in [1.54, 1.807) is 6.07 Å². The highest BCUT2D eigenvalue weighted by Crippen LogP contribution is 2.22. The highest BCUT2D eigenvalue weighted by atomic mass is 79.9. The minimum atomic E-state index is -0.449. The summed E-state index contributed by atoms with van der Waals surface area (Å²) in [5.74, 6) is -0.273. The SMILES string of the molecule is FCCCOc1cc(Br)ccc1F. The Labute approximate surface area is 83.8 Å². The molecule has 1 rings (SSSR count). The molecular formula is C9H9BrF2O. The van der Waals surface area contributed by atoms with Crippen LogP contribution < -0.4 is 4.74 Å². The molecule has 0 aliphatic rings. The predicted octanol–water partition coefficient (Wildman–Crippen LogP) is 3.33. The van der Waals surface area contributed by atoms with Crippen molar-refractivity contribution in [3.05, 3.63) is 28.5 Å². The third kappa shape index (κ3) is 3.30. The van der Waals surface area contributed by atoms with Gasteiger partial charge in [0, 0.05) is 10.9 Å². The van der Waals surface area contributed by atoms with E-state index in [4.69, 9.17) is 4.74 Å². The van der Waals surface area contributed by atoms with Crippen molar-refractivity contribution in [1.29, 1.82) is 0 Å². The Hall–Kier alpha value is -0.640. The van der Waals surface area contributed by atoms with E-state index >= 15 is 0 Å². The maximum absolute atomic E-state index is 13.0. The monoisotopic (exact) mass is 250 g/mol. The summed E-state index contributed by atoms with van der Waals surface area (Å²) < 4.78 is 30.4. The second-order valence-electron chi connectivity index (χ2n) is 2.47. The van der Waals surface area contributed by atoms with E-state index in [0.29, 0.717) is 0 Å². The Morgan fingerprint density at radius 3 is 2.85 bits per heavy atom. The third-order valence-electron chi connectivity index (χ3n) is 1.43. The molecule has 0 aliphatic heterocycles. The van der Waals surface area contributed by atoms with Gasteiger partial charge in [0.2, 0.25) is 0 Å². The van der Waals surface area contributed by atoms with Crippen LogP contribution in [-0.4, -0.2) is 13.3 Å². The van der Waals surface area contributed by atoms with Crippen molar-refractivity contribution in [2.24, 2.45) is 0 Å². The van der Waals surface area contributed by atoms with E-state index < -0.39 is 12.5 Å². The lowest BCUT2D eigenvalue weighted by atomic mass is 10.3. The summed E-state index contributed by atoms with van der Waals surface area (Å²) in [6, 6.07) is 4.40. The largest absolute Gasteiger partial charge is 0.490 e. The average molecular weight is 251 g/mol. The van der Waals surface area contributed by atoms with Crippen molar-refractivity contribution >= 4 is 15.9 Å². The molecule has 0 fully saturated rings. The number of ether oxygens (including phenoxy) is 1. The van der Waals surface area contributed by atoms with Crippen molar-refractivity contribution in [1.82, 2.24) is 0 Å². The van der Waals surface area contributed by atoms with Crippen LogP contribution in [-0.2, 0) is 0 Å². The van der Waals surface area contributed by atoms with E-state index in [9.17, 15) is 8.78 Å². The molecule has 0 unspecified atom stereocenters. The molecule has 0 aliphatic carbocycles. The molecule has 4 heteroatoms. The number of benzene rings is 1. The minimum absolute atomic E-state index is 0.155. The predicted molar refractivity (Wildman–Crippen MR) is 50.2 cm³/mol. The van der Waals surface area contributed by atoms with E-state index in [1.807, 2.05) is 0 Å². The van der Waals surface area contributed by atoms with Crippen LogP contribution in [0.4, 0.5) is 8.78 Å². The summed E-state index contributed by atoms with van der Waals surface area (Å²) in [5, 5.41) is 0. The molecule has 0 N–H and O–H groups in total. The fourth-order valence-electron chi connectivity index (χ4n) is 0.824. The van der Waals surface area contributed by atoms with Gasteiger partial charge in [-0.25, -0.2) is 4.39 Å². The molecule has 1 nitrogen and oxygen atoms in total. The maximum atomic E-state index is 13.0. The average Bonchev–Trinajstić information content (AvgIpc) is 2.11. The molecule has 0 heterocycles. The maximum Gasteiger partial charge on any atom is 0.165 e. The highest BCUT2D eigenvalue weighted by molar-refractivity contribution is 9.10. The number of hydrogen-bond acceptors (Lipinski definition) is 1. The molecule has 0 saturated heterocycles. The van der Waals surface area contributed by atoms with Crippen LogP contribution in [0.15, 0.2) is 22.7 Å².